The number of likely N-dealkylation sites (tertiary alicyclic amines) is 1. The number of nitrogens with zero attached hydrogens (tertiary/aromatic N) is 2. The minimum Gasteiger partial charge on any atom is -0.493 e. The van der Waals surface area contributed by atoms with Crippen LogP contribution in [0.4, 0.5) is 0 Å². The molecule has 0 N–H and O–H groups in total. The number of benzene rings is 2. The molecule has 2 aliphatic heterocycles. The van der Waals surface area contributed by atoms with Crippen molar-refractivity contribution in [3.8, 4) is 11.5 Å². The van der Waals surface area contributed by atoms with Crippen LogP contribution in [0.5, 0.6) is 11.5 Å². The van der Waals surface area contributed by atoms with Crippen molar-refractivity contribution in [3.05, 3.63) is 58.7 Å². The summed E-state index contributed by atoms with van der Waals surface area (Å²) in [6, 6.07) is 10.1. The Morgan fingerprint density at radius 1 is 0.903 bits per heavy atom. The maximum absolute atomic E-state index is 13.2. The smallest absolute Gasteiger partial charge is 0.261 e. The second kappa shape index (κ2) is 8.79. The molecule has 0 aromatic heterocycles. The molecule has 0 unspecified atom stereocenters. The Morgan fingerprint density at radius 3 is 2.06 bits per heavy atom. The summed E-state index contributed by atoms with van der Waals surface area (Å²) in [5.74, 6) is 0.0180. The van der Waals surface area contributed by atoms with Crippen molar-refractivity contribution in [1.82, 2.24) is 9.80 Å². The summed E-state index contributed by atoms with van der Waals surface area (Å²) in [7, 11) is 3.00. The quantitative estimate of drug-likeness (QED) is 0.689. The van der Waals surface area contributed by atoms with Crippen molar-refractivity contribution < 1.29 is 23.9 Å². The van der Waals surface area contributed by atoms with E-state index in [9.17, 15) is 14.4 Å². The molecule has 0 aliphatic carbocycles. The second-order valence-electron chi connectivity index (χ2n) is 7.82. The molecular weight excluding hydrogens is 396 g/mol. The lowest BCUT2D eigenvalue weighted by molar-refractivity contribution is 0.0641. The molecule has 7 heteroatoms. The molecule has 1 fully saturated rings. The van der Waals surface area contributed by atoms with Gasteiger partial charge >= 0.3 is 0 Å². The molecule has 0 bridgehead atoms. The maximum Gasteiger partial charge on any atom is 0.261 e. The molecule has 0 atom stereocenters. The second-order valence-corrected chi connectivity index (χ2v) is 7.82. The van der Waals surface area contributed by atoms with Crippen molar-refractivity contribution >= 4 is 17.7 Å². The zero-order valence-corrected chi connectivity index (χ0v) is 17.8. The van der Waals surface area contributed by atoms with Crippen LogP contribution >= 0.6 is 0 Å². The van der Waals surface area contributed by atoms with E-state index in [0.29, 0.717) is 33.8 Å². The van der Waals surface area contributed by atoms with Crippen molar-refractivity contribution in [2.24, 2.45) is 0 Å². The van der Waals surface area contributed by atoms with Crippen molar-refractivity contribution in [2.75, 3.05) is 27.3 Å². The number of carbonyl (C=O) groups excluding carboxylic acids is 3. The predicted octanol–water partition coefficient (Wildman–Crippen LogP) is 3.52. The van der Waals surface area contributed by atoms with Crippen LogP contribution in [0.3, 0.4) is 0 Å². The molecule has 0 saturated carbocycles. The van der Waals surface area contributed by atoms with E-state index in [1.165, 1.54) is 19.1 Å². The topological polar surface area (TPSA) is 76.2 Å². The standard InChI is InChI=1S/C24H26N2O5/c1-30-20-14-16(22(27)25-11-7-3-4-8-12-25)13-17(21(20)31-2)15-26-23(28)18-9-5-6-10-19(18)24(26)29/h5-6,9-10,13-14H,3-4,7-8,11-12,15H2,1-2H3. The van der Waals surface area contributed by atoms with Gasteiger partial charge in [-0.2, -0.15) is 0 Å². The third-order valence-electron chi connectivity index (χ3n) is 5.90. The Balaban J connectivity index is 1.68. The largest absolute Gasteiger partial charge is 0.493 e. The first kappa shape index (κ1) is 20.9. The summed E-state index contributed by atoms with van der Waals surface area (Å²) >= 11 is 0. The van der Waals surface area contributed by atoms with E-state index in [2.05, 4.69) is 0 Å². The first-order chi connectivity index (χ1) is 15.0. The Bertz CT molecular complexity index is 990. The summed E-state index contributed by atoms with van der Waals surface area (Å²) in [4.78, 5) is 41.9. The van der Waals surface area contributed by atoms with Crippen LogP contribution in [0.2, 0.25) is 0 Å². The van der Waals surface area contributed by atoms with Crippen LogP contribution in [0.25, 0.3) is 0 Å². The summed E-state index contributed by atoms with van der Waals surface area (Å²) in [6.07, 6.45) is 4.23. The highest BCUT2D eigenvalue weighted by Crippen LogP contribution is 2.35. The Hall–Kier alpha value is -3.35. The molecule has 162 valence electrons. The average Bonchev–Trinajstić information content (AvgIpc) is 2.99. The van der Waals surface area contributed by atoms with E-state index >= 15 is 0 Å². The van der Waals surface area contributed by atoms with Gasteiger partial charge in [0.1, 0.15) is 0 Å². The maximum atomic E-state index is 13.2. The van der Waals surface area contributed by atoms with Gasteiger partial charge in [-0.25, -0.2) is 0 Å². The van der Waals surface area contributed by atoms with E-state index in [1.54, 1.807) is 36.4 Å². The Labute approximate surface area is 181 Å². The predicted molar refractivity (Wildman–Crippen MR) is 115 cm³/mol. The van der Waals surface area contributed by atoms with E-state index in [4.69, 9.17) is 9.47 Å². The molecule has 2 aromatic carbocycles. The molecule has 1 saturated heterocycles. The van der Waals surface area contributed by atoms with Crippen LogP contribution in [0.1, 0.15) is 62.3 Å². The van der Waals surface area contributed by atoms with Crippen LogP contribution < -0.4 is 9.47 Å². The van der Waals surface area contributed by atoms with Gasteiger partial charge in [0.05, 0.1) is 31.9 Å². The highest BCUT2D eigenvalue weighted by Gasteiger charge is 2.36. The van der Waals surface area contributed by atoms with Gasteiger partial charge in [-0.05, 0) is 37.1 Å². The summed E-state index contributed by atoms with van der Waals surface area (Å²) < 4.78 is 11.0. The first-order valence-corrected chi connectivity index (χ1v) is 10.5. The van der Waals surface area contributed by atoms with Gasteiger partial charge in [0.15, 0.2) is 11.5 Å². The number of rotatable bonds is 5. The van der Waals surface area contributed by atoms with Gasteiger partial charge in [-0.15, -0.1) is 0 Å². The monoisotopic (exact) mass is 422 g/mol. The molecular formula is C24H26N2O5. The van der Waals surface area contributed by atoms with Gasteiger partial charge < -0.3 is 14.4 Å². The number of imide groups is 1. The van der Waals surface area contributed by atoms with Gasteiger partial charge in [-0.1, -0.05) is 25.0 Å². The molecule has 31 heavy (non-hydrogen) atoms. The fraction of sp³-hybridized carbons (Fsp3) is 0.375. The number of hydrogen-bond acceptors (Lipinski definition) is 5. The normalized spacial score (nSPS) is 16.2. The summed E-state index contributed by atoms with van der Waals surface area (Å²) in [5.41, 5.74) is 1.78. The molecule has 4 rings (SSSR count). The molecule has 0 radical (unpaired) electrons. The molecule has 2 heterocycles. The Kier molecular flexibility index (Phi) is 5.93. The zero-order chi connectivity index (χ0) is 22.0. The van der Waals surface area contributed by atoms with Crippen molar-refractivity contribution in [2.45, 2.75) is 32.2 Å². The first-order valence-electron chi connectivity index (χ1n) is 10.5. The SMILES string of the molecule is COc1cc(C(=O)N2CCCCCC2)cc(CN2C(=O)c3ccccc3C2=O)c1OC. The highest BCUT2D eigenvalue weighted by atomic mass is 16.5. The molecule has 2 aromatic rings. The molecule has 3 amide bonds. The molecule has 2 aliphatic rings. The number of hydrogen-bond donors (Lipinski definition) is 0. The Morgan fingerprint density at radius 2 is 1.52 bits per heavy atom. The van der Waals surface area contributed by atoms with E-state index in [1.807, 2.05) is 4.90 Å². The lowest BCUT2D eigenvalue weighted by atomic mass is 10.1. The van der Waals surface area contributed by atoms with Crippen LogP contribution in [-0.4, -0.2) is 54.8 Å². The summed E-state index contributed by atoms with van der Waals surface area (Å²) in [6.45, 7) is 1.44. The third-order valence-corrected chi connectivity index (χ3v) is 5.90. The van der Waals surface area contributed by atoms with Gasteiger partial charge in [-0.3, -0.25) is 19.3 Å². The minimum absolute atomic E-state index is 0.00694. The zero-order valence-electron chi connectivity index (χ0n) is 17.8. The van der Waals surface area contributed by atoms with Crippen molar-refractivity contribution in [1.29, 1.82) is 0 Å². The van der Waals surface area contributed by atoms with Crippen LogP contribution in [0.15, 0.2) is 36.4 Å². The van der Waals surface area contributed by atoms with Gasteiger partial charge in [0, 0.05) is 24.2 Å². The highest BCUT2D eigenvalue weighted by molar-refractivity contribution is 6.21. The van der Waals surface area contributed by atoms with E-state index in [0.717, 1.165) is 38.8 Å². The number of methoxy groups -OCH3 is 2. The van der Waals surface area contributed by atoms with Crippen LogP contribution in [-0.2, 0) is 6.54 Å². The fourth-order valence-corrected chi connectivity index (χ4v) is 4.29. The van der Waals surface area contributed by atoms with Crippen molar-refractivity contribution in [3.63, 3.8) is 0 Å². The average molecular weight is 422 g/mol. The van der Waals surface area contributed by atoms with Gasteiger partial charge in [0.2, 0.25) is 0 Å². The lowest BCUT2D eigenvalue weighted by Gasteiger charge is -2.23. The molecule has 0 spiro atoms. The lowest BCUT2D eigenvalue weighted by Crippen LogP contribution is -2.32. The van der Waals surface area contributed by atoms with E-state index < -0.39 is 0 Å². The minimum atomic E-state index is -0.356. The van der Waals surface area contributed by atoms with Crippen LogP contribution in [0, 0.1) is 0 Å². The number of fused-ring (bicyclic) bond motifs is 1. The number of ether oxygens (including phenoxy) is 2. The fourth-order valence-electron chi connectivity index (χ4n) is 4.29. The molecule has 7 nitrogen and oxygen atoms in total. The summed E-state index contributed by atoms with van der Waals surface area (Å²) in [5, 5.41) is 0. The number of amides is 3. The van der Waals surface area contributed by atoms with Gasteiger partial charge in [0.25, 0.3) is 17.7 Å². The number of carbonyl (C=O) groups is 3. The van der Waals surface area contributed by atoms with E-state index in [-0.39, 0.29) is 24.3 Å². The third kappa shape index (κ3) is 3.87.